The number of nitrogens with one attached hydrogen (secondary N) is 1. The number of hydrogen-bond donors (Lipinski definition) is 1. The van der Waals surface area contributed by atoms with Gasteiger partial charge in [-0.1, -0.05) is 0 Å². The minimum absolute atomic E-state index is 0.357. The van der Waals surface area contributed by atoms with Crippen LogP contribution in [0.1, 0.15) is 27.7 Å². The SMILES string of the molecule is CC1(C)OC2OC(C(=O)Nc3ccc4c(c3)OCCO4)C3OC(C)(C)OC3C2O1. The van der Waals surface area contributed by atoms with Crippen molar-refractivity contribution in [2.75, 3.05) is 18.5 Å². The van der Waals surface area contributed by atoms with Crippen LogP contribution in [0.15, 0.2) is 18.2 Å². The molecule has 4 heterocycles. The molecule has 29 heavy (non-hydrogen) atoms. The van der Waals surface area contributed by atoms with Crippen molar-refractivity contribution in [3.05, 3.63) is 18.2 Å². The van der Waals surface area contributed by atoms with Gasteiger partial charge in [0.2, 0.25) is 0 Å². The summed E-state index contributed by atoms with van der Waals surface area (Å²) in [4.78, 5) is 13.1. The molecule has 4 aliphatic rings. The molecule has 1 aromatic carbocycles. The van der Waals surface area contributed by atoms with Gasteiger partial charge in [-0.05, 0) is 39.8 Å². The van der Waals surface area contributed by atoms with Gasteiger partial charge in [-0.25, -0.2) is 0 Å². The van der Waals surface area contributed by atoms with E-state index in [0.29, 0.717) is 30.4 Å². The highest BCUT2D eigenvalue weighted by Gasteiger charge is 2.62. The third-order valence-corrected chi connectivity index (χ3v) is 5.22. The van der Waals surface area contributed by atoms with Crippen molar-refractivity contribution in [1.82, 2.24) is 0 Å². The smallest absolute Gasteiger partial charge is 0.256 e. The molecule has 158 valence electrons. The predicted molar refractivity (Wildman–Crippen MR) is 98.6 cm³/mol. The molecule has 5 atom stereocenters. The van der Waals surface area contributed by atoms with E-state index in [2.05, 4.69) is 5.32 Å². The molecule has 5 unspecified atom stereocenters. The first-order valence-corrected chi connectivity index (χ1v) is 9.78. The van der Waals surface area contributed by atoms with Crippen LogP contribution in [0, 0.1) is 0 Å². The summed E-state index contributed by atoms with van der Waals surface area (Å²) in [6.07, 6.45) is -3.23. The summed E-state index contributed by atoms with van der Waals surface area (Å²) in [5, 5.41) is 2.87. The van der Waals surface area contributed by atoms with Gasteiger partial charge < -0.3 is 38.5 Å². The second-order valence-corrected chi connectivity index (χ2v) is 8.44. The topological polar surface area (TPSA) is 93.7 Å². The summed E-state index contributed by atoms with van der Waals surface area (Å²) in [6.45, 7) is 8.18. The van der Waals surface area contributed by atoms with Crippen LogP contribution in [0.3, 0.4) is 0 Å². The average molecular weight is 407 g/mol. The first kappa shape index (κ1) is 19.1. The van der Waals surface area contributed by atoms with Crippen molar-refractivity contribution < 1.29 is 38.0 Å². The van der Waals surface area contributed by atoms with Gasteiger partial charge in [0, 0.05) is 11.8 Å². The normalized spacial score (nSPS) is 36.2. The van der Waals surface area contributed by atoms with Gasteiger partial charge in [0.1, 0.15) is 31.5 Å². The number of ether oxygens (including phenoxy) is 7. The fourth-order valence-corrected chi connectivity index (χ4v) is 4.16. The van der Waals surface area contributed by atoms with Crippen LogP contribution >= 0.6 is 0 Å². The first-order valence-electron chi connectivity index (χ1n) is 9.78. The lowest BCUT2D eigenvalue weighted by molar-refractivity contribution is -0.229. The molecule has 0 bridgehead atoms. The zero-order chi connectivity index (χ0) is 20.4. The molecule has 9 heteroatoms. The van der Waals surface area contributed by atoms with Crippen molar-refractivity contribution in [3.63, 3.8) is 0 Å². The van der Waals surface area contributed by atoms with E-state index in [0.717, 1.165) is 0 Å². The molecule has 0 spiro atoms. The molecule has 1 aromatic rings. The molecule has 5 rings (SSSR count). The Labute approximate surface area is 168 Å². The van der Waals surface area contributed by atoms with E-state index >= 15 is 0 Å². The number of rotatable bonds is 2. The second kappa shape index (κ2) is 6.55. The molecular weight excluding hydrogens is 382 g/mol. The third-order valence-electron chi connectivity index (χ3n) is 5.22. The Morgan fingerprint density at radius 2 is 1.55 bits per heavy atom. The minimum Gasteiger partial charge on any atom is -0.486 e. The molecule has 0 radical (unpaired) electrons. The summed E-state index contributed by atoms with van der Waals surface area (Å²) in [5.74, 6) is -0.813. The van der Waals surface area contributed by atoms with Gasteiger partial charge in [0.15, 0.2) is 35.5 Å². The Kier molecular flexibility index (Phi) is 4.31. The monoisotopic (exact) mass is 407 g/mol. The van der Waals surface area contributed by atoms with E-state index in [1.165, 1.54) is 0 Å². The highest BCUT2D eigenvalue weighted by molar-refractivity contribution is 5.95. The van der Waals surface area contributed by atoms with Gasteiger partial charge >= 0.3 is 0 Å². The van der Waals surface area contributed by atoms with Gasteiger partial charge in [0.25, 0.3) is 5.91 Å². The summed E-state index contributed by atoms with van der Waals surface area (Å²) < 4.78 is 40.9. The molecule has 0 aliphatic carbocycles. The zero-order valence-corrected chi connectivity index (χ0v) is 16.8. The van der Waals surface area contributed by atoms with E-state index in [1.54, 1.807) is 45.9 Å². The third kappa shape index (κ3) is 3.47. The van der Waals surface area contributed by atoms with Crippen LogP contribution in [0.4, 0.5) is 5.69 Å². The van der Waals surface area contributed by atoms with E-state index < -0.39 is 42.3 Å². The quantitative estimate of drug-likeness (QED) is 0.793. The largest absolute Gasteiger partial charge is 0.486 e. The Bertz CT molecular complexity index is 825. The predicted octanol–water partition coefficient (Wildman–Crippen LogP) is 1.79. The van der Waals surface area contributed by atoms with Crippen LogP contribution in [0.2, 0.25) is 0 Å². The molecule has 1 N–H and O–H groups in total. The van der Waals surface area contributed by atoms with Crippen LogP contribution in [0.25, 0.3) is 0 Å². The first-order chi connectivity index (χ1) is 13.7. The molecule has 3 fully saturated rings. The fraction of sp³-hybridized carbons (Fsp3) is 0.650. The number of benzene rings is 1. The standard InChI is InChI=1S/C20H25NO8/c1-19(2)26-13-14(27-19)16-18(29-20(3,4)28-16)25-15(13)17(22)21-10-5-6-11-12(9-10)24-8-7-23-11/h5-6,9,13-16,18H,7-8H2,1-4H3,(H,21,22). The maximum absolute atomic E-state index is 13.1. The van der Waals surface area contributed by atoms with Crippen molar-refractivity contribution in [2.24, 2.45) is 0 Å². The van der Waals surface area contributed by atoms with Crippen LogP contribution in [-0.2, 0) is 28.5 Å². The summed E-state index contributed by atoms with van der Waals surface area (Å²) in [5.41, 5.74) is 0.573. The van der Waals surface area contributed by atoms with Gasteiger partial charge in [-0.2, -0.15) is 0 Å². The highest BCUT2D eigenvalue weighted by atomic mass is 16.9. The van der Waals surface area contributed by atoms with Crippen molar-refractivity contribution in [2.45, 2.75) is 70.0 Å². The molecular formula is C20H25NO8. The number of carbonyl (C=O) groups excluding carboxylic acids is 1. The minimum atomic E-state index is -0.922. The molecule has 0 saturated carbocycles. The molecule has 3 saturated heterocycles. The summed E-state index contributed by atoms with van der Waals surface area (Å²) >= 11 is 0. The van der Waals surface area contributed by atoms with E-state index in [1.807, 2.05) is 0 Å². The molecule has 0 aromatic heterocycles. The lowest BCUT2D eigenvalue weighted by Crippen LogP contribution is -2.58. The van der Waals surface area contributed by atoms with Gasteiger partial charge in [0.05, 0.1) is 0 Å². The number of carbonyl (C=O) groups is 1. The van der Waals surface area contributed by atoms with Gasteiger partial charge in [-0.15, -0.1) is 0 Å². The maximum atomic E-state index is 13.1. The molecule has 1 amide bonds. The average Bonchev–Trinajstić information content (AvgIpc) is 3.14. The number of anilines is 1. The summed E-state index contributed by atoms with van der Waals surface area (Å²) in [6, 6.07) is 5.24. The highest BCUT2D eigenvalue weighted by Crippen LogP contribution is 2.44. The Morgan fingerprint density at radius 3 is 2.34 bits per heavy atom. The van der Waals surface area contributed by atoms with Crippen molar-refractivity contribution in [3.8, 4) is 11.5 Å². The molecule has 4 aliphatic heterocycles. The maximum Gasteiger partial charge on any atom is 0.256 e. The summed E-state index contributed by atoms with van der Waals surface area (Å²) in [7, 11) is 0. The van der Waals surface area contributed by atoms with Crippen LogP contribution < -0.4 is 14.8 Å². The Balaban J connectivity index is 1.37. The van der Waals surface area contributed by atoms with Crippen molar-refractivity contribution >= 4 is 11.6 Å². The lowest BCUT2D eigenvalue weighted by Gasteiger charge is -2.36. The lowest BCUT2D eigenvalue weighted by atomic mass is 9.98. The van der Waals surface area contributed by atoms with E-state index in [4.69, 9.17) is 33.2 Å². The van der Waals surface area contributed by atoms with Gasteiger partial charge in [-0.3, -0.25) is 4.79 Å². The van der Waals surface area contributed by atoms with Crippen molar-refractivity contribution in [1.29, 1.82) is 0 Å². The van der Waals surface area contributed by atoms with E-state index in [9.17, 15) is 4.79 Å². The molecule has 9 nitrogen and oxygen atoms in total. The Hall–Kier alpha value is -1.91. The van der Waals surface area contributed by atoms with Crippen LogP contribution in [-0.4, -0.2) is 61.4 Å². The second-order valence-electron chi connectivity index (χ2n) is 8.44. The zero-order valence-electron chi connectivity index (χ0n) is 16.8. The number of amides is 1. The van der Waals surface area contributed by atoms with E-state index in [-0.39, 0.29) is 5.91 Å². The Morgan fingerprint density at radius 1 is 0.897 bits per heavy atom. The number of hydrogen-bond acceptors (Lipinski definition) is 8. The number of fused-ring (bicyclic) bond motifs is 4. The van der Waals surface area contributed by atoms with Crippen LogP contribution in [0.5, 0.6) is 11.5 Å². The fourth-order valence-electron chi connectivity index (χ4n) is 4.16.